The fourth-order valence-corrected chi connectivity index (χ4v) is 2.28. The molecule has 2 amide bonds. The first kappa shape index (κ1) is 13.5. The minimum atomic E-state index is -0.405. The number of hydrogen-bond acceptors (Lipinski definition) is 2. The summed E-state index contributed by atoms with van der Waals surface area (Å²) in [6, 6.07) is 6.24. The van der Waals surface area contributed by atoms with Crippen LogP contribution in [0.15, 0.2) is 24.3 Å². The summed E-state index contributed by atoms with van der Waals surface area (Å²) in [5.41, 5.74) is 0.298. The van der Waals surface area contributed by atoms with Gasteiger partial charge in [-0.3, -0.25) is 9.59 Å². The van der Waals surface area contributed by atoms with Gasteiger partial charge in [0.25, 0.3) is 0 Å². The number of nitrogens with one attached hydrogen (secondary N) is 1. The van der Waals surface area contributed by atoms with Gasteiger partial charge in [-0.2, -0.15) is 0 Å². The molecular weight excluding hydrogens is 247 g/mol. The van der Waals surface area contributed by atoms with Crippen molar-refractivity contribution in [1.29, 1.82) is 0 Å². The largest absolute Gasteiger partial charge is 0.355 e. The minimum Gasteiger partial charge on any atom is -0.355 e. The van der Waals surface area contributed by atoms with E-state index < -0.39 is 5.82 Å². The number of nitrogens with zero attached hydrogens (tertiary/aromatic N) is 1. The number of halogens is 1. The third-order valence-corrected chi connectivity index (χ3v) is 3.34. The highest BCUT2D eigenvalue weighted by Gasteiger charge is 2.29. The average Bonchev–Trinajstić information content (AvgIpc) is 2.42. The molecule has 1 aromatic rings. The van der Waals surface area contributed by atoms with Gasteiger partial charge in [-0.15, -0.1) is 0 Å². The van der Waals surface area contributed by atoms with Crippen LogP contribution in [0.2, 0.25) is 0 Å². The summed E-state index contributed by atoms with van der Waals surface area (Å²) >= 11 is 0. The molecule has 2 rings (SSSR count). The predicted molar refractivity (Wildman–Crippen MR) is 70.2 cm³/mol. The molecule has 0 spiro atoms. The number of benzene rings is 1. The summed E-state index contributed by atoms with van der Waals surface area (Å²) in [4.78, 5) is 24.9. The van der Waals surface area contributed by atoms with Crippen molar-refractivity contribution in [3.05, 3.63) is 30.1 Å². The van der Waals surface area contributed by atoms with E-state index in [0.717, 1.165) is 0 Å². The van der Waals surface area contributed by atoms with Gasteiger partial charge >= 0.3 is 0 Å². The molecule has 1 saturated heterocycles. The van der Waals surface area contributed by atoms with Gasteiger partial charge in [0.15, 0.2) is 0 Å². The van der Waals surface area contributed by atoms with E-state index in [1.807, 2.05) is 6.92 Å². The smallest absolute Gasteiger partial charge is 0.231 e. The van der Waals surface area contributed by atoms with Crippen molar-refractivity contribution in [1.82, 2.24) is 5.32 Å². The minimum absolute atomic E-state index is 0.0296. The second kappa shape index (κ2) is 5.82. The molecule has 1 aliphatic rings. The van der Waals surface area contributed by atoms with Gasteiger partial charge in [0.1, 0.15) is 5.82 Å². The molecular formula is C14H17FN2O2. The number of piperidine rings is 1. The van der Waals surface area contributed by atoms with Crippen LogP contribution < -0.4 is 10.2 Å². The molecule has 0 bridgehead atoms. The molecule has 102 valence electrons. The Balaban J connectivity index is 2.16. The van der Waals surface area contributed by atoms with E-state index >= 15 is 0 Å². The molecule has 1 atom stereocenters. The highest BCUT2D eigenvalue weighted by atomic mass is 19.1. The first-order valence-corrected chi connectivity index (χ1v) is 6.46. The SMILES string of the molecule is CCN(C(=O)C1CCC(=O)NC1)c1ccccc1F. The summed E-state index contributed by atoms with van der Waals surface area (Å²) < 4.78 is 13.8. The molecule has 4 nitrogen and oxygen atoms in total. The number of anilines is 1. The molecule has 0 aliphatic carbocycles. The zero-order chi connectivity index (χ0) is 13.8. The second-order valence-corrected chi connectivity index (χ2v) is 4.57. The van der Waals surface area contributed by atoms with E-state index in [1.54, 1.807) is 18.2 Å². The maximum atomic E-state index is 13.8. The lowest BCUT2D eigenvalue weighted by molar-refractivity contribution is -0.127. The number of rotatable bonds is 3. The lowest BCUT2D eigenvalue weighted by atomic mass is 9.97. The standard InChI is InChI=1S/C14H17FN2O2/c1-2-17(12-6-4-3-5-11(12)15)14(19)10-7-8-13(18)16-9-10/h3-6,10H,2,7-9H2,1H3,(H,16,18). The first-order valence-electron chi connectivity index (χ1n) is 6.46. The van der Waals surface area contributed by atoms with Crippen molar-refractivity contribution >= 4 is 17.5 Å². The Labute approximate surface area is 111 Å². The van der Waals surface area contributed by atoms with Crippen LogP contribution in [0.3, 0.4) is 0 Å². The Morgan fingerprint density at radius 1 is 1.47 bits per heavy atom. The van der Waals surface area contributed by atoms with Gasteiger partial charge in [0.2, 0.25) is 11.8 Å². The summed E-state index contributed by atoms with van der Waals surface area (Å²) in [5.74, 6) is -0.833. The van der Waals surface area contributed by atoms with Crippen molar-refractivity contribution in [2.45, 2.75) is 19.8 Å². The van der Waals surface area contributed by atoms with Crippen molar-refractivity contribution < 1.29 is 14.0 Å². The Kier molecular flexibility index (Phi) is 4.14. The maximum Gasteiger partial charge on any atom is 0.231 e. The highest BCUT2D eigenvalue weighted by Crippen LogP contribution is 2.22. The Morgan fingerprint density at radius 3 is 2.79 bits per heavy atom. The molecule has 1 fully saturated rings. The summed E-state index contributed by atoms with van der Waals surface area (Å²) in [6.45, 7) is 2.55. The van der Waals surface area contributed by atoms with E-state index in [4.69, 9.17) is 0 Å². The normalized spacial score (nSPS) is 18.8. The molecule has 0 aromatic heterocycles. The van der Waals surface area contributed by atoms with Crippen LogP contribution in [-0.2, 0) is 9.59 Å². The van der Waals surface area contributed by atoms with Gasteiger partial charge in [0.05, 0.1) is 11.6 Å². The molecule has 1 N–H and O–H groups in total. The Morgan fingerprint density at radius 2 is 2.21 bits per heavy atom. The van der Waals surface area contributed by atoms with Crippen molar-refractivity contribution in [2.75, 3.05) is 18.0 Å². The van der Waals surface area contributed by atoms with Crippen molar-refractivity contribution in [2.24, 2.45) is 5.92 Å². The van der Waals surface area contributed by atoms with Crippen LogP contribution in [0, 0.1) is 11.7 Å². The molecule has 0 saturated carbocycles. The van der Waals surface area contributed by atoms with Crippen LogP contribution in [0.25, 0.3) is 0 Å². The van der Waals surface area contributed by atoms with Crippen LogP contribution in [0.1, 0.15) is 19.8 Å². The molecule has 0 radical (unpaired) electrons. The topological polar surface area (TPSA) is 49.4 Å². The van der Waals surface area contributed by atoms with Gasteiger partial charge < -0.3 is 10.2 Å². The lowest BCUT2D eigenvalue weighted by Gasteiger charge is -2.28. The van der Waals surface area contributed by atoms with Crippen LogP contribution in [0.5, 0.6) is 0 Å². The van der Waals surface area contributed by atoms with E-state index in [1.165, 1.54) is 11.0 Å². The third kappa shape index (κ3) is 2.92. The zero-order valence-electron chi connectivity index (χ0n) is 10.9. The van der Waals surface area contributed by atoms with Crippen molar-refractivity contribution in [3.8, 4) is 0 Å². The Bertz CT molecular complexity index is 480. The Hall–Kier alpha value is -1.91. The van der Waals surface area contributed by atoms with E-state index in [2.05, 4.69) is 5.32 Å². The van der Waals surface area contributed by atoms with Gasteiger partial charge in [-0.05, 0) is 25.5 Å². The molecule has 1 aliphatic heterocycles. The van der Waals surface area contributed by atoms with Gasteiger partial charge in [-0.25, -0.2) is 4.39 Å². The summed E-state index contributed by atoms with van der Waals surface area (Å²) in [7, 11) is 0. The number of para-hydroxylation sites is 1. The quantitative estimate of drug-likeness (QED) is 0.903. The third-order valence-electron chi connectivity index (χ3n) is 3.34. The predicted octanol–water partition coefficient (Wildman–Crippen LogP) is 1.70. The lowest BCUT2D eigenvalue weighted by Crippen LogP contribution is -2.45. The van der Waals surface area contributed by atoms with Crippen LogP contribution in [-0.4, -0.2) is 24.9 Å². The first-order chi connectivity index (χ1) is 9.13. The van der Waals surface area contributed by atoms with E-state index in [9.17, 15) is 14.0 Å². The summed E-state index contributed by atoms with van der Waals surface area (Å²) in [5, 5.41) is 2.68. The molecule has 5 heteroatoms. The molecule has 19 heavy (non-hydrogen) atoms. The maximum absolute atomic E-state index is 13.8. The second-order valence-electron chi connectivity index (χ2n) is 4.57. The van der Waals surface area contributed by atoms with Crippen molar-refractivity contribution in [3.63, 3.8) is 0 Å². The molecule has 1 heterocycles. The van der Waals surface area contributed by atoms with E-state index in [0.29, 0.717) is 31.6 Å². The molecule has 1 unspecified atom stereocenters. The number of carbonyl (C=O) groups is 2. The van der Waals surface area contributed by atoms with Crippen LogP contribution in [0.4, 0.5) is 10.1 Å². The fraction of sp³-hybridized carbons (Fsp3) is 0.429. The number of amides is 2. The van der Waals surface area contributed by atoms with E-state index in [-0.39, 0.29) is 17.7 Å². The summed E-state index contributed by atoms with van der Waals surface area (Å²) in [6.07, 6.45) is 0.876. The number of carbonyl (C=O) groups excluding carboxylic acids is 2. The fourth-order valence-electron chi connectivity index (χ4n) is 2.28. The van der Waals surface area contributed by atoms with Gasteiger partial charge in [0, 0.05) is 19.5 Å². The zero-order valence-corrected chi connectivity index (χ0v) is 10.9. The highest BCUT2D eigenvalue weighted by molar-refractivity contribution is 5.96. The number of hydrogen-bond donors (Lipinski definition) is 1. The average molecular weight is 264 g/mol. The monoisotopic (exact) mass is 264 g/mol. The van der Waals surface area contributed by atoms with Crippen LogP contribution >= 0.6 is 0 Å². The molecule has 1 aromatic carbocycles. The van der Waals surface area contributed by atoms with Gasteiger partial charge in [-0.1, -0.05) is 12.1 Å².